The number of methoxy groups -OCH3 is 1. The van der Waals surface area contributed by atoms with E-state index < -0.39 is 10.0 Å². The summed E-state index contributed by atoms with van der Waals surface area (Å²) >= 11 is 0. The van der Waals surface area contributed by atoms with Gasteiger partial charge in [-0.1, -0.05) is 18.2 Å². The second kappa shape index (κ2) is 8.67. The highest BCUT2D eigenvalue weighted by Gasteiger charge is 2.23. The number of aryl methyl sites for hydroxylation is 1. The van der Waals surface area contributed by atoms with Gasteiger partial charge in [-0.05, 0) is 42.7 Å². The minimum Gasteiger partial charge on any atom is -0.495 e. The smallest absolute Gasteiger partial charge is 0.246 e. The number of amides is 1. The van der Waals surface area contributed by atoms with Gasteiger partial charge in [-0.25, -0.2) is 12.7 Å². The molecule has 154 valence electrons. The normalized spacial score (nSPS) is 11.7. The topological polar surface area (TPSA) is 91.5 Å². The number of hydrogen-bond donors (Lipinski definition) is 2. The number of ether oxygens (including phenoxy) is 1. The number of fused-ring (bicyclic) bond motifs is 1. The van der Waals surface area contributed by atoms with Gasteiger partial charge in [0.1, 0.15) is 10.6 Å². The van der Waals surface area contributed by atoms with Gasteiger partial charge in [0.15, 0.2) is 0 Å². The zero-order valence-electron chi connectivity index (χ0n) is 16.7. The van der Waals surface area contributed by atoms with Crippen LogP contribution in [-0.4, -0.2) is 44.8 Å². The first-order valence-corrected chi connectivity index (χ1v) is 10.7. The molecule has 0 fully saturated rings. The molecule has 0 radical (unpaired) electrons. The van der Waals surface area contributed by atoms with E-state index in [9.17, 15) is 13.2 Å². The summed E-state index contributed by atoms with van der Waals surface area (Å²) in [5, 5.41) is 3.94. The molecule has 29 heavy (non-hydrogen) atoms. The van der Waals surface area contributed by atoms with E-state index in [0.717, 1.165) is 16.2 Å². The molecule has 3 aromatic rings. The second-order valence-electron chi connectivity index (χ2n) is 6.91. The number of para-hydroxylation sites is 1. The Kier molecular flexibility index (Phi) is 6.24. The van der Waals surface area contributed by atoms with Gasteiger partial charge in [0, 0.05) is 43.3 Å². The summed E-state index contributed by atoms with van der Waals surface area (Å²) in [7, 11) is 0.616. The summed E-state index contributed by atoms with van der Waals surface area (Å²) in [4.78, 5) is 15.6. The number of nitrogens with one attached hydrogen (secondary N) is 2. The Hall–Kier alpha value is -2.84. The summed E-state index contributed by atoms with van der Waals surface area (Å²) in [6.07, 6.45) is 3.78. The van der Waals surface area contributed by atoms with E-state index in [1.165, 1.54) is 44.3 Å². The fourth-order valence-corrected chi connectivity index (χ4v) is 4.23. The van der Waals surface area contributed by atoms with Gasteiger partial charge in [0.25, 0.3) is 0 Å². The lowest BCUT2D eigenvalue weighted by Gasteiger charge is -2.16. The van der Waals surface area contributed by atoms with E-state index in [0.29, 0.717) is 18.5 Å². The van der Waals surface area contributed by atoms with Gasteiger partial charge >= 0.3 is 0 Å². The van der Waals surface area contributed by atoms with Crippen molar-refractivity contribution in [3.05, 3.63) is 54.2 Å². The van der Waals surface area contributed by atoms with Crippen LogP contribution in [0, 0.1) is 0 Å². The Morgan fingerprint density at radius 1 is 1.17 bits per heavy atom. The highest BCUT2D eigenvalue weighted by molar-refractivity contribution is 7.89. The maximum absolute atomic E-state index is 12.5. The summed E-state index contributed by atoms with van der Waals surface area (Å²) in [5.41, 5.74) is 2.68. The van der Waals surface area contributed by atoms with Crippen LogP contribution < -0.4 is 10.1 Å². The first-order valence-electron chi connectivity index (χ1n) is 9.28. The number of carbonyl (C=O) groups excluding carboxylic acids is 1. The highest BCUT2D eigenvalue weighted by atomic mass is 32.2. The molecule has 1 aromatic heterocycles. The summed E-state index contributed by atoms with van der Waals surface area (Å²) in [6.45, 7) is 0. The van der Waals surface area contributed by atoms with Crippen molar-refractivity contribution in [1.29, 1.82) is 0 Å². The third-order valence-corrected chi connectivity index (χ3v) is 6.57. The van der Waals surface area contributed by atoms with Gasteiger partial charge in [-0.2, -0.15) is 0 Å². The van der Waals surface area contributed by atoms with Crippen molar-refractivity contribution >= 4 is 32.5 Å². The molecule has 0 saturated heterocycles. The molecular formula is C21H25N3O4S. The number of aromatic nitrogens is 1. The van der Waals surface area contributed by atoms with Crippen molar-refractivity contribution in [2.24, 2.45) is 0 Å². The molecule has 2 N–H and O–H groups in total. The van der Waals surface area contributed by atoms with Gasteiger partial charge in [-0.3, -0.25) is 4.79 Å². The van der Waals surface area contributed by atoms with Crippen molar-refractivity contribution in [3.8, 4) is 5.75 Å². The summed E-state index contributed by atoms with van der Waals surface area (Å²) in [5.74, 6) is 0.0687. The molecular weight excluding hydrogens is 390 g/mol. The van der Waals surface area contributed by atoms with Crippen LogP contribution in [-0.2, 0) is 21.2 Å². The largest absolute Gasteiger partial charge is 0.495 e. The quantitative estimate of drug-likeness (QED) is 0.590. The molecule has 0 bridgehead atoms. The van der Waals surface area contributed by atoms with Crippen molar-refractivity contribution in [1.82, 2.24) is 9.29 Å². The lowest BCUT2D eigenvalue weighted by atomic mass is 10.1. The summed E-state index contributed by atoms with van der Waals surface area (Å²) < 4.78 is 31.3. The number of benzene rings is 2. The van der Waals surface area contributed by atoms with Crippen LogP contribution in [0.5, 0.6) is 5.75 Å². The van der Waals surface area contributed by atoms with Crippen LogP contribution in [0.3, 0.4) is 0 Å². The van der Waals surface area contributed by atoms with Gasteiger partial charge in [0.05, 0.1) is 7.11 Å². The molecule has 1 amide bonds. The van der Waals surface area contributed by atoms with Crippen LogP contribution in [0.1, 0.15) is 18.4 Å². The number of H-pyrrole nitrogens is 1. The standard InChI is InChI=1S/C21H25N3O4S/c1-24(2)29(26,27)20-13-16(11-12-19(20)28-3)23-21(25)10-6-7-15-14-22-18-9-5-4-8-17(15)18/h4-5,8-9,11-14,22H,6-7,10H2,1-3H3,(H,23,25). The van der Waals surface area contributed by atoms with E-state index in [1.807, 2.05) is 24.4 Å². The third-order valence-electron chi connectivity index (χ3n) is 4.73. The fraction of sp³-hybridized carbons (Fsp3) is 0.286. The number of sulfonamides is 1. The molecule has 0 aliphatic rings. The molecule has 7 nitrogen and oxygen atoms in total. The molecule has 0 atom stereocenters. The van der Waals surface area contributed by atoms with Crippen LogP contribution in [0.15, 0.2) is 53.6 Å². The molecule has 0 unspecified atom stereocenters. The van der Waals surface area contributed by atoms with Crippen LogP contribution in [0.25, 0.3) is 10.9 Å². The lowest BCUT2D eigenvalue weighted by molar-refractivity contribution is -0.116. The maximum Gasteiger partial charge on any atom is 0.246 e. The number of hydrogen-bond acceptors (Lipinski definition) is 4. The van der Waals surface area contributed by atoms with E-state index >= 15 is 0 Å². The van der Waals surface area contributed by atoms with E-state index in [1.54, 1.807) is 6.07 Å². The van der Waals surface area contributed by atoms with Gasteiger partial charge in [-0.15, -0.1) is 0 Å². The molecule has 3 rings (SSSR count). The minimum atomic E-state index is -3.69. The predicted octanol–water partition coefficient (Wildman–Crippen LogP) is 3.39. The zero-order chi connectivity index (χ0) is 21.0. The molecule has 0 aliphatic heterocycles. The number of nitrogens with zero attached hydrogens (tertiary/aromatic N) is 1. The fourth-order valence-electron chi connectivity index (χ4n) is 3.15. The first-order chi connectivity index (χ1) is 13.8. The Balaban J connectivity index is 1.64. The number of rotatable bonds is 8. The molecule has 8 heteroatoms. The van der Waals surface area contributed by atoms with Crippen LogP contribution in [0.2, 0.25) is 0 Å². The number of aromatic amines is 1. The molecule has 0 saturated carbocycles. The van der Waals surface area contributed by atoms with Crippen LogP contribution >= 0.6 is 0 Å². The van der Waals surface area contributed by atoms with E-state index in [4.69, 9.17) is 4.74 Å². The number of anilines is 1. The Morgan fingerprint density at radius 3 is 2.66 bits per heavy atom. The summed E-state index contributed by atoms with van der Waals surface area (Å²) in [6, 6.07) is 12.7. The average molecular weight is 416 g/mol. The van der Waals surface area contributed by atoms with Crippen molar-refractivity contribution in [2.75, 3.05) is 26.5 Å². The zero-order valence-corrected chi connectivity index (χ0v) is 17.5. The molecule has 2 aromatic carbocycles. The molecule has 0 aliphatic carbocycles. The van der Waals surface area contributed by atoms with E-state index in [2.05, 4.69) is 16.4 Å². The third kappa shape index (κ3) is 4.60. The second-order valence-corrected chi connectivity index (χ2v) is 9.03. The lowest BCUT2D eigenvalue weighted by Crippen LogP contribution is -2.23. The van der Waals surface area contributed by atoms with Crippen molar-refractivity contribution in [3.63, 3.8) is 0 Å². The Labute approximate surface area is 170 Å². The molecule has 1 heterocycles. The SMILES string of the molecule is COc1ccc(NC(=O)CCCc2c[nH]c3ccccc23)cc1S(=O)(=O)N(C)C. The monoisotopic (exact) mass is 415 g/mol. The Bertz CT molecular complexity index is 1120. The average Bonchev–Trinajstić information content (AvgIpc) is 3.11. The number of carbonyl (C=O) groups is 1. The Morgan fingerprint density at radius 2 is 1.93 bits per heavy atom. The van der Waals surface area contributed by atoms with E-state index in [-0.39, 0.29) is 16.6 Å². The minimum absolute atomic E-state index is 0.0154. The first kappa shape index (κ1) is 20.9. The maximum atomic E-state index is 12.5. The van der Waals surface area contributed by atoms with Crippen molar-refractivity contribution < 1.29 is 17.9 Å². The predicted molar refractivity (Wildman–Crippen MR) is 114 cm³/mol. The van der Waals surface area contributed by atoms with Crippen molar-refractivity contribution in [2.45, 2.75) is 24.2 Å². The van der Waals surface area contributed by atoms with Crippen LogP contribution in [0.4, 0.5) is 5.69 Å². The molecule has 0 spiro atoms. The van der Waals surface area contributed by atoms with Gasteiger partial charge < -0.3 is 15.0 Å². The highest BCUT2D eigenvalue weighted by Crippen LogP contribution is 2.29. The van der Waals surface area contributed by atoms with Gasteiger partial charge in [0.2, 0.25) is 15.9 Å².